The number of aryl methyl sites for hydroxylation is 1. The van der Waals surface area contributed by atoms with Gasteiger partial charge >= 0.3 is 0 Å². The fraction of sp³-hybridized carbons (Fsp3) is 0.292. The number of amides is 1. The van der Waals surface area contributed by atoms with Crippen molar-refractivity contribution in [2.45, 2.75) is 45.2 Å². The maximum atomic E-state index is 13.5. The predicted octanol–water partition coefficient (Wildman–Crippen LogP) is 4.99. The minimum Gasteiger partial charge on any atom is -0.367 e. The summed E-state index contributed by atoms with van der Waals surface area (Å²) in [6.07, 6.45) is 4.78. The van der Waals surface area contributed by atoms with Crippen LogP contribution in [0.5, 0.6) is 0 Å². The van der Waals surface area contributed by atoms with Gasteiger partial charge in [-0.05, 0) is 37.5 Å². The molecule has 3 aromatic rings. The van der Waals surface area contributed by atoms with E-state index in [0.717, 1.165) is 29.9 Å². The van der Waals surface area contributed by atoms with E-state index < -0.39 is 0 Å². The van der Waals surface area contributed by atoms with Crippen LogP contribution >= 0.6 is 0 Å². The van der Waals surface area contributed by atoms with Gasteiger partial charge in [-0.3, -0.25) is 4.79 Å². The number of nitrogens with one attached hydrogen (secondary N) is 1. The molecule has 0 spiro atoms. The second kappa shape index (κ2) is 8.86. The summed E-state index contributed by atoms with van der Waals surface area (Å²) in [7, 11) is 0. The molecule has 5 heteroatoms. The number of hydrogen-bond donors (Lipinski definition) is 1. The molecule has 0 radical (unpaired) electrons. The van der Waals surface area contributed by atoms with E-state index in [-0.39, 0.29) is 5.91 Å². The maximum absolute atomic E-state index is 13.5. The highest BCUT2D eigenvalue weighted by Crippen LogP contribution is 2.23. The van der Waals surface area contributed by atoms with Gasteiger partial charge in [0.2, 0.25) is 0 Å². The quantitative estimate of drug-likeness (QED) is 0.649. The first-order chi connectivity index (χ1) is 14.2. The summed E-state index contributed by atoms with van der Waals surface area (Å²) in [5.74, 6) is 1.21. The van der Waals surface area contributed by atoms with Gasteiger partial charge in [-0.1, -0.05) is 61.4 Å². The molecule has 0 unspecified atom stereocenters. The molecule has 5 nitrogen and oxygen atoms in total. The van der Waals surface area contributed by atoms with Crippen LogP contribution in [0.3, 0.4) is 0 Å². The Labute approximate surface area is 171 Å². The van der Waals surface area contributed by atoms with Gasteiger partial charge in [-0.2, -0.15) is 0 Å². The molecule has 1 aliphatic carbocycles. The third-order valence-electron chi connectivity index (χ3n) is 5.26. The molecule has 29 heavy (non-hydrogen) atoms. The largest absolute Gasteiger partial charge is 0.367 e. The number of rotatable bonds is 6. The molecule has 1 N–H and O–H groups in total. The molecule has 1 aromatic heterocycles. The molecule has 0 atom stereocenters. The molecule has 148 valence electrons. The Hall–Kier alpha value is -3.21. The summed E-state index contributed by atoms with van der Waals surface area (Å²) in [6, 6.07) is 22.0. The van der Waals surface area contributed by atoms with E-state index in [1.165, 1.54) is 12.8 Å². The Morgan fingerprint density at radius 2 is 1.66 bits per heavy atom. The van der Waals surface area contributed by atoms with Crippen LogP contribution in [0, 0.1) is 6.92 Å². The van der Waals surface area contributed by atoms with E-state index in [1.54, 1.807) is 11.0 Å². The minimum atomic E-state index is -0.125. The lowest BCUT2D eigenvalue weighted by Gasteiger charge is -2.23. The first-order valence-electron chi connectivity index (χ1n) is 10.2. The molecule has 2 aromatic carbocycles. The average Bonchev–Trinajstić information content (AvgIpc) is 3.25. The SMILES string of the molecule is Cc1nc(NC2CCCC2)cc(C(=O)N(Cc2ccccc2)c2ccccc2)n1. The van der Waals surface area contributed by atoms with Crippen molar-refractivity contribution >= 4 is 17.4 Å². The lowest BCUT2D eigenvalue weighted by molar-refractivity contribution is 0.0980. The number of para-hydroxylation sites is 1. The van der Waals surface area contributed by atoms with Crippen LogP contribution in [0.4, 0.5) is 11.5 Å². The number of benzene rings is 2. The highest BCUT2D eigenvalue weighted by atomic mass is 16.2. The van der Waals surface area contributed by atoms with Crippen LogP contribution in [-0.2, 0) is 6.54 Å². The Bertz CT molecular complexity index is 953. The molecule has 1 amide bonds. The molecule has 0 aliphatic heterocycles. The van der Waals surface area contributed by atoms with Gasteiger partial charge in [0.05, 0.1) is 6.54 Å². The summed E-state index contributed by atoms with van der Waals surface area (Å²) >= 11 is 0. The maximum Gasteiger partial charge on any atom is 0.277 e. The fourth-order valence-electron chi connectivity index (χ4n) is 3.82. The van der Waals surface area contributed by atoms with Gasteiger partial charge in [0.15, 0.2) is 0 Å². The summed E-state index contributed by atoms with van der Waals surface area (Å²) < 4.78 is 0. The van der Waals surface area contributed by atoms with Gasteiger partial charge in [0.25, 0.3) is 5.91 Å². The standard InChI is InChI=1S/C24H26N4O/c1-18-25-22(16-23(26-18)27-20-12-8-9-13-20)24(29)28(21-14-6-3-7-15-21)17-19-10-4-2-5-11-19/h2-7,10-11,14-16,20H,8-9,12-13,17H2,1H3,(H,25,26,27). The minimum absolute atomic E-state index is 0.125. The number of carbonyl (C=O) groups is 1. The van der Waals surface area contributed by atoms with Crippen molar-refractivity contribution in [3.05, 3.63) is 83.8 Å². The summed E-state index contributed by atoms with van der Waals surface area (Å²) in [5.41, 5.74) is 2.33. The number of anilines is 2. The van der Waals surface area contributed by atoms with E-state index in [1.807, 2.05) is 67.6 Å². The Balaban J connectivity index is 1.64. The monoisotopic (exact) mass is 386 g/mol. The van der Waals surface area contributed by atoms with Gasteiger partial charge in [-0.25, -0.2) is 9.97 Å². The second-order valence-electron chi connectivity index (χ2n) is 7.52. The lowest BCUT2D eigenvalue weighted by Crippen LogP contribution is -2.31. The zero-order valence-corrected chi connectivity index (χ0v) is 16.7. The van der Waals surface area contributed by atoms with Crippen LogP contribution in [0.25, 0.3) is 0 Å². The Kier molecular flexibility index (Phi) is 5.84. The Morgan fingerprint density at radius 3 is 2.34 bits per heavy atom. The zero-order chi connectivity index (χ0) is 20.1. The molecule has 1 heterocycles. The predicted molar refractivity (Wildman–Crippen MR) is 116 cm³/mol. The first kappa shape index (κ1) is 19.1. The number of carbonyl (C=O) groups excluding carboxylic acids is 1. The van der Waals surface area contributed by atoms with E-state index in [0.29, 0.717) is 24.1 Å². The lowest BCUT2D eigenvalue weighted by atomic mass is 10.1. The van der Waals surface area contributed by atoms with Gasteiger partial charge < -0.3 is 10.2 Å². The van der Waals surface area contributed by atoms with Crippen molar-refractivity contribution in [2.75, 3.05) is 10.2 Å². The zero-order valence-electron chi connectivity index (χ0n) is 16.7. The third-order valence-corrected chi connectivity index (χ3v) is 5.26. The van der Waals surface area contributed by atoms with Crippen LogP contribution < -0.4 is 10.2 Å². The summed E-state index contributed by atoms with van der Waals surface area (Å²) in [5, 5.41) is 3.48. The molecular weight excluding hydrogens is 360 g/mol. The van der Waals surface area contributed by atoms with Crippen LogP contribution in [0.1, 0.15) is 47.6 Å². The number of nitrogens with zero attached hydrogens (tertiary/aromatic N) is 3. The van der Waals surface area contributed by atoms with E-state index in [4.69, 9.17) is 0 Å². The molecule has 1 saturated carbocycles. The van der Waals surface area contributed by atoms with Crippen molar-refractivity contribution in [2.24, 2.45) is 0 Å². The summed E-state index contributed by atoms with van der Waals surface area (Å²) in [6.45, 7) is 2.32. The normalized spacial score (nSPS) is 14.0. The molecule has 1 fully saturated rings. The van der Waals surface area contributed by atoms with Crippen molar-refractivity contribution in [3.8, 4) is 0 Å². The molecule has 1 aliphatic rings. The van der Waals surface area contributed by atoms with Crippen LogP contribution in [0.2, 0.25) is 0 Å². The van der Waals surface area contributed by atoms with E-state index in [9.17, 15) is 4.79 Å². The van der Waals surface area contributed by atoms with E-state index in [2.05, 4.69) is 15.3 Å². The molecule has 0 bridgehead atoms. The van der Waals surface area contributed by atoms with Gasteiger partial charge in [0, 0.05) is 17.8 Å². The van der Waals surface area contributed by atoms with Crippen molar-refractivity contribution in [1.82, 2.24) is 9.97 Å². The highest BCUT2D eigenvalue weighted by Gasteiger charge is 2.22. The van der Waals surface area contributed by atoms with Gasteiger partial charge in [-0.15, -0.1) is 0 Å². The van der Waals surface area contributed by atoms with Crippen LogP contribution in [-0.4, -0.2) is 21.9 Å². The number of hydrogen-bond acceptors (Lipinski definition) is 4. The fourth-order valence-corrected chi connectivity index (χ4v) is 3.82. The second-order valence-corrected chi connectivity index (χ2v) is 7.52. The summed E-state index contributed by atoms with van der Waals surface area (Å²) in [4.78, 5) is 24.2. The topological polar surface area (TPSA) is 58.1 Å². The average molecular weight is 386 g/mol. The van der Waals surface area contributed by atoms with Gasteiger partial charge in [0.1, 0.15) is 17.3 Å². The molecule has 0 saturated heterocycles. The Morgan fingerprint density at radius 1 is 1.00 bits per heavy atom. The number of aromatic nitrogens is 2. The van der Waals surface area contributed by atoms with Crippen LogP contribution in [0.15, 0.2) is 66.7 Å². The van der Waals surface area contributed by atoms with E-state index >= 15 is 0 Å². The molecular formula is C24H26N4O. The highest BCUT2D eigenvalue weighted by molar-refractivity contribution is 6.05. The van der Waals surface area contributed by atoms with Crippen molar-refractivity contribution < 1.29 is 4.79 Å². The molecule has 4 rings (SSSR count). The van der Waals surface area contributed by atoms with Crippen molar-refractivity contribution in [3.63, 3.8) is 0 Å². The first-order valence-corrected chi connectivity index (χ1v) is 10.2. The third kappa shape index (κ3) is 4.80. The van der Waals surface area contributed by atoms with Crippen molar-refractivity contribution in [1.29, 1.82) is 0 Å². The smallest absolute Gasteiger partial charge is 0.277 e.